The summed E-state index contributed by atoms with van der Waals surface area (Å²) in [6, 6.07) is 6.23. The summed E-state index contributed by atoms with van der Waals surface area (Å²) in [6.07, 6.45) is 12.7. The second kappa shape index (κ2) is 10.1. The third-order valence-corrected chi connectivity index (χ3v) is 14.3. The van der Waals surface area contributed by atoms with Crippen molar-refractivity contribution in [2.24, 2.45) is 50.7 Å². The Bertz CT molecular complexity index is 1240. The molecule has 4 saturated carbocycles. The van der Waals surface area contributed by atoms with Gasteiger partial charge in [0.15, 0.2) is 0 Å². The fourth-order valence-corrected chi connectivity index (χ4v) is 11.9. The second-order valence-electron chi connectivity index (χ2n) is 16.7. The fraction of sp³-hybridized carbons (Fsp3) is 0.757. The molecule has 0 unspecified atom stereocenters. The van der Waals surface area contributed by atoms with Crippen LogP contribution in [0.1, 0.15) is 116 Å². The van der Waals surface area contributed by atoms with Gasteiger partial charge in [-0.2, -0.15) is 0 Å². The summed E-state index contributed by atoms with van der Waals surface area (Å²) in [5.41, 5.74) is 2.09. The van der Waals surface area contributed by atoms with Gasteiger partial charge < -0.3 is 20.1 Å². The number of aliphatic hydroxyl groups is 2. The lowest BCUT2D eigenvalue weighted by atomic mass is 9.42. The number of rotatable bonds is 3. The van der Waals surface area contributed by atoms with Crippen LogP contribution < -0.4 is 0 Å². The predicted molar refractivity (Wildman–Crippen MR) is 165 cm³/mol. The Morgan fingerprint density at radius 3 is 2.24 bits per heavy atom. The molecule has 6 rings (SSSR count). The van der Waals surface area contributed by atoms with Gasteiger partial charge in [-0.05, 0) is 134 Å². The van der Waals surface area contributed by atoms with Gasteiger partial charge in [-0.25, -0.2) is 4.79 Å². The topological polar surface area (TPSA) is 87.0 Å². The number of hydrogen-bond donors (Lipinski definition) is 3. The van der Waals surface area contributed by atoms with Crippen LogP contribution in [0.25, 0.3) is 0 Å². The molecule has 0 saturated heterocycles. The smallest absolute Gasteiger partial charge is 0.338 e. The number of phenolic OH excluding ortho intramolecular Hbond substituents is 1. The van der Waals surface area contributed by atoms with Crippen LogP contribution in [-0.2, 0) is 4.74 Å². The van der Waals surface area contributed by atoms with Crippen LogP contribution in [0.2, 0.25) is 0 Å². The summed E-state index contributed by atoms with van der Waals surface area (Å²) >= 11 is 0. The van der Waals surface area contributed by atoms with Gasteiger partial charge in [0.1, 0.15) is 11.9 Å². The zero-order chi connectivity index (χ0) is 30.3. The van der Waals surface area contributed by atoms with E-state index in [0.717, 1.165) is 44.9 Å². The molecule has 42 heavy (non-hydrogen) atoms. The number of aromatic hydroxyl groups is 1. The molecule has 10 atom stereocenters. The average Bonchev–Trinajstić information content (AvgIpc) is 3.10. The van der Waals surface area contributed by atoms with Crippen molar-refractivity contribution in [1.29, 1.82) is 0 Å². The molecule has 5 heteroatoms. The van der Waals surface area contributed by atoms with E-state index in [2.05, 4.69) is 47.6 Å². The van der Waals surface area contributed by atoms with Gasteiger partial charge in [0.05, 0.1) is 18.3 Å². The van der Waals surface area contributed by atoms with Crippen molar-refractivity contribution in [1.82, 2.24) is 0 Å². The van der Waals surface area contributed by atoms with E-state index in [1.165, 1.54) is 31.4 Å². The molecule has 0 radical (unpaired) electrons. The molecule has 1 aromatic rings. The van der Waals surface area contributed by atoms with Crippen LogP contribution in [0, 0.1) is 50.7 Å². The Labute approximate surface area is 253 Å². The highest BCUT2D eigenvalue weighted by molar-refractivity contribution is 5.89. The van der Waals surface area contributed by atoms with E-state index in [1.807, 2.05) is 0 Å². The fourth-order valence-electron chi connectivity index (χ4n) is 11.9. The minimum Gasteiger partial charge on any atom is -0.508 e. The quantitative estimate of drug-likeness (QED) is 0.253. The molecule has 0 heterocycles. The maximum absolute atomic E-state index is 13.1. The minimum atomic E-state index is -0.500. The molecule has 5 aliphatic carbocycles. The highest BCUT2D eigenvalue weighted by atomic mass is 16.5. The highest BCUT2D eigenvalue weighted by Crippen LogP contribution is 2.70. The van der Waals surface area contributed by atoms with Gasteiger partial charge in [0, 0.05) is 5.41 Å². The number of carbonyl (C=O) groups excluding carboxylic acids is 1. The Hall–Kier alpha value is -1.85. The van der Waals surface area contributed by atoms with E-state index < -0.39 is 5.41 Å². The van der Waals surface area contributed by atoms with Gasteiger partial charge in [-0.3, -0.25) is 0 Å². The number of carbonyl (C=O) groups is 1. The molecule has 4 fully saturated rings. The number of benzene rings is 1. The van der Waals surface area contributed by atoms with Crippen LogP contribution in [0.5, 0.6) is 5.75 Å². The van der Waals surface area contributed by atoms with Crippen molar-refractivity contribution < 1.29 is 24.9 Å². The van der Waals surface area contributed by atoms with Crippen LogP contribution in [0.15, 0.2) is 35.9 Å². The molecule has 0 aromatic heterocycles. The van der Waals surface area contributed by atoms with E-state index in [1.54, 1.807) is 17.7 Å². The summed E-state index contributed by atoms with van der Waals surface area (Å²) in [5.74, 6) is 1.67. The normalized spacial score (nSPS) is 46.1. The lowest BCUT2D eigenvalue weighted by Gasteiger charge is -2.64. The van der Waals surface area contributed by atoms with E-state index >= 15 is 0 Å². The maximum Gasteiger partial charge on any atom is 0.338 e. The van der Waals surface area contributed by atoms with Crippen molar-refractivity contribution in [2.45, 2.75) is 118 Å². The molecule has 5 nitrogen and oxygen atoms in total. The van der Waals surface area contributed by atoms with Gasteiger partial charge >= 0.3 is 5.97 Å². The number of phenols is 1. The first kappa shape index (κ1) is 30.2. The van der Waals surface area contributed by atoms with Crippen molar-refractivity contribution in [2.75, 3.05) is 6.61 Å². The lowest BCUT2D eigenvalue weighted by Crippen LogP contribution is -2.61. The highest BCUT2D eigenvalue weighted by Gasteiger charge is 2.64. The molecule has 0 aliphatic heterocycles. The minimum absolute atomic E-state index is 0.00908. The van der Waals surface area contributed by atoms with Crippen molar-refractivity contribution >= 4 is 5.97 Å². The van der Waals surface area contributed by atoms with Crippen molar-refractivity contribution in [3.8, 4) is 5.75 Å². The molecule has 1 aromatic carbocycles. The first-order valence-electron chi connectivity index (χ1n) is 16.7. The standard InChI is InChI=1S/C37H54O5/c1-33(2)27-13-9-24-21-34(3)18-15-29-36(5,28(34)14-12-26(24)35(27,4)19-16-30(33)40)20-17-31(37(29,6)22-38)42-32(41)23-7-10-25(39)11-8-23/h7-11,26-31,38-40H,12-22H2,1-6H3/t26-,27-,28-,29+,30-,31-,34-,35+,36+,37+/m0/s1. The van der Waals surface area contributed by atoms with Gasteiger partial charge in [-0.1, -0.05) is 53.2 Å². The number of ether oxygens (including phenoxy) is 1. The summed E-state index contributed by atoms with van der Waals surface area (Å²) in [5, 5.41) is 31.6. The average molecular weight is 579 g/mol. The third-order valence-electron chi connectivity index (χ3n) is 14.3. The van der Waals surface area contributed by atoms with Gasteiger partial charge in [-0.15, -0.1) is 0 Å². The van der Waals surface area contributed by atoms with E-state index in [9.17, 15) is 20.1 Å². The molecule has 0 spiro atoms. The van der Waals surface area contributed by atoms with Gasteiger partial charge in [0.2, 0.25) is 0 Å². The van der Waals surface area contributed by atoms with Crippen LogP contribution in [0.4, 0.5) is 0 Å². The second-order valence-corrected chi connectivity index (χ2v) is 16.7. The van der Waals surface area contributed by atoms with E-state index in [0.29, 0.717) is 23.3 Å². The Kier molecular flexibility index (Phi) is 7.25. The summed E-state index contributed by atoms with van der Waals surface area (Å²) in [6.45, 7) is 14.4. The molecular formula is C37H54O5. The Morgan fingerprint density at radius 1 is 0.857 bits per heavy atom. The van der Waals surface area contributed by atoms with Crippen molar-refractivity contribution in [3.05, 3.63) is 41.5 Å². The molecule has 5 aliphatic rings. The van der Waals surface area contributed by atoms with E-state index in [-0.39, 0.29) is 58.1 Å². The number of aliphatic hydroxyl groups excluding tert-OH is 2. The molecular weight excluding hydrogens is 524 g/mol. The number of allylic oxidation sites excluding steroid dienone is 2. The zero-order valence-electron chi connectivity index (χ0n) is 26.8. The van der Waals surface area contributed by atoms with Crippen LogP contribution in [-0.4, -0.2) is 40.1 Å². The zero-order valence-corrected chi connectivity index (χ0v) is 26.8. The SMILES string of the molecule is CC1(C)[C@@H](O)CC[C@]2(C)[C@H]3CC[C@H]4[C@@](C)(CC[C@@H]5[C@]4(C)CC[C@H](OC(=O)c4ccc(O)cc4)[C@]5(C)CO)CC3=CC[C@@H]12. The molecule has 0 bridgehead atoms. The molecule has 232 valence electrons. The van der Waals surface area contributed by atoms with Gasteiger partial charge in [0.25, 0.3) is 0 Å². The first-order chi connectivity index (χ1) is 19.7. The van der Waals surface area contributed by atoms with Crippen molar-refractivity contribution in [3.63, 3.8) is 0 Å². The Balaban J connectivity index is 1.27. The molecule has 3 N–H and O–H groups in total. The maximum atomic E-state index is 13.1. The third kappa shape index (κ3) is 4.34. The number of hydrogen-bond acceptors (Lipinski definition) is 5. The van der Waals surface area contributed by atoms with Crippen LogP contribution in [0.3, 0.4) is 0 Å². The largest absolute Gasteiger partial charge is 0.508 e. The number of esters is 1. The summed E-state index contributed by atoms with van der Waals surface area (Å²) in [4.78, 5) is 13.1. The Morgan fingerprint density at radius 2 is 1.55 bits per heavy atom. The van der Waals surface area contributed by atoms with Crippen LogP contribution >= 0.6 is 0 Å². The summed E-state index contributed by atoms with van der Waals surface area (Å²) < 4.78 is 6.17. The first-order valence-corrected chi connectivity index (χ1v) is 16.7. The summed E-state index contributed by atoms with van der Waals surface area (Å²) in [7, 11) is 0. The monoisotopic (exact) mass is 578 g/mol. The number of fused-ring (bicyclic) bond motifs is 6. The lowest BCUT2D eigenvalue weighted by molar-refractivity contribution is -0.190. The molecule has 0 amide bonds. The van der Waals surface area contributed by atoms with E-state index in [4.69, 9.17) is 4.74 Å². The predicted octanol–water partition coefficient (Wildman–Crippen LogP) is 7.68.